The highest BCUT2D eigenvalue weighted by atomic mass is 16.5. The van der Waals surface area contributed by atoms with E-state index in [1.807, 2.05) is 53.0 Å². The Morgan fingerprint density at radius 3 is 2.40 bits per heavy atom. The molecule has 2 aromatic heterocycles. The van der Waals surface area contributed by atoms with E-state index in [1.54, 1.807) is 7.11 Å². The summed E-state index contributed by atoms with van der Waals surface area (Å²) in [6.07, 6.45) is 4.26. The molecule has 8 heteroatoms. The molecule has 3 heterocycles. The van der Waals surface area contributed by atoms with E-state index in [2.05, 4.69) is 86.9 Å². The quantitative estimate of drug-likeness (QED) is 0.175. The van der Waals surface area contributed by atoms with Crippen LogP contribution >= 0.6 is 0 Å². The van der Waals surface area contributed by atoms with Crippen molar-refractivity contribution in [1.82, 2.24) is 24.2 Å². The normalized spacial score (nSPS) is 16.7. The molecule has 1 fully saturated rings. The highest BCUT2D eigenvalue weighted by Gasteiger charge is 2.37. The van der Waals surface area contributed by atoms with Crippen LogP contribution in [0.4, 0.5) is 0 Å². The van der Waals surface area contributed by atoms with Crippen molar-refractivity contribution in [2.45, 2.75) is 72.2 Å². The Balaban J connectivity index is 1.32. The fourth-order valence-corrected chi connectivity index (χ4v) is 6.18. The van der Waals surface area contributed by atoms with Gasteiger partial charge in [0.15, 0.2) is 0 Å². The molecule has 0 bridgehead atoms. The second-order valence-electron chi connectivity index (χ2n) is 13.2. The first kappa shape index (κ1) is 30.4. The number of aryl methyl sites for hydroxylation is 1. The van der Waals surface area contributed by atoms with Gasteiger partial charge in [0.1, 0.15) is 28.9 Å². The van der Waals surface area contributed by atoms with E-state index in [-0.39, 0.29) is 29.5 Å². The van der Waals surface area contributed by atoms with Crippen LogP contribution in [0.3, 0.4) is 0 Å². The molecular formula is C37H43N5O3. The van der Waals surface area contributed by atoms with Crippen LogP contribution in [0.2, 0.25) is 0 Å². The number of amides is 1. The minimum atomic E-state index is -0.197. The summed E-state index contributed by atoms with van der Waals surface area (Å²) in [6, 6.07) is 22.6. The lowest BCUT2D eigenvalue weighted by molar-refractivity contribution is -0.129. The van der Waals surface area contributed by atoms with Gasteiger partial charge in [0.05, 0.1) is 30.4 Å². The molecule has 3 aromatic carbocycles. The van der Waals surface area contributed by atoms with Crippen LogP contribution in [0.1, 0.15) is 64.0 Å². The highest BCUT2D eigenvalue weighted by Crippen LogP contribution is 2.37. The number of imidazole rings is 1. The second kappa shape index (κ2) is 12.1. The Labute approximate surface area is 265 Å². The van der Waals surface area contributed by atoms with Crippen molar-refractivity contribution < 1.29 is 14.3 Å². The Morgan fingerprint density at radius 2 is 1.73 bits per heavy atom. The van der Waals surface area contributed by atoms with Crippen molar-refractivity contribution in [3.63, 3.8) is 0 Å². The van der Waals surface area contributed by atoms with Gasteiger partial charge in [-0.15, -0.1) is 0 Å². The summed E-state index contributed by atoms with van der Waals surface area (Å²) >= 11 is 0. The topological polar surface area (TPSA) is 74.4 Å². The molecule has 0 aliphatic carbocycles. The third-order valence-corrected chi connectivity index (χ3v) is 9.03. The van der Waals surface area contributed by atoms with Crippen molar-refractivity contribution in [1.29, 1.82) is 0 Å². The fraction of sp³-hybridized carbons (Fsp3) is 0.378. The van der Waals surface area contributed by atoms with Gasteiger partial charge in [0.25, 0.3) is 0 Å². The molecule has 3 atom stereocenters. The van der Waals surface area contributed by atoms with Gasteiger partial charge in [-0.2, -0.15) is 5.10 Å². The van der Waals surface area contributed by atoms with Gasteiger partial charge in [-0.05, 0) is 82.5 Å². The molecule has 0 saturated carbocycles. The molecule has 45 heavy (non-hydrogen) atoms. The number of nitrogens with zero attached hydrogens (tertiary/aromatic N) is 5. The molecule has 1 amide bonds. The van der Waals surface area contributed by atoms with Crippen LogP contribution in [-0.2, 0) is 16.9 Å². The van der Waals surface area contributed by atoms with Crippen LogP contribution in [0.25, 0.3) is 22.2 Å². The molecule has 2 unspecified atom stereocenters. The predicted octanol–water partition coefficient (Wildman–Crippen LogP) is 7.40. The zero-order valence-electron chi connectivity index (χ0n) is 27.3. The van der Waals surface area contributed by atoms with Crippen molar-refractivity contribution in [2.24, 2.45) is 5.92 Å². The van der Waals surface area contributed by atoms with E-state index < -0.39 is 0 Å². The predicted molar refractivity (Wildman–Crippen MR) is 178 cm³/mol. The first-order valence-electron chi connectivity index (χ1n) is 15.7. The third-order valence-electron chi connectivity index (χ3n) is 9.03. The van der Waals surface area contributed by atoms with Gasteiger partial charge in [-0.3, -0.25) is 9.48 Å². The van der Waals surface area contributed by atoms with Gasteiger partial charge in [-0.25, -0.2) is 4.98 Å². The number of carbonyl (C=O) groups is 1. The van der Waals surface area contributed by atoms with Gasteiger partial charge in [-0.1, -0.05) is 42.5 Å². The van der Waals surface area contributed by atoms with Crippen LogP contribution in [0.15, 0.2) is 79.1 Å². The highest BCUT2D eigenvalue weighted by molar-refractivity contribution is 5.88. The van der Waals surface area contributed by atoms with E-state index in [0.717, 1.165) is 45.0 Å². The molecule has 234 valence electrons. The number of hydrogen-bond donors (Lipinski definition) is 0. The third kappa shape index (κ3) is 6.19. The molecular weight excluding hydrogens is 562 g/mol. The molecule has 0 N–H and O–H groups in total. The molecule has 6 rings (SSSR count). The average molecular weight is 606 g/mol. The molecule has 1 saturated heterocycles. The van der Waals surface area contributed by atoms with Gasteiger partial charge >= 0.3 is 0 Å². The fourth-order valence-electron chi connectivity index (χ4n) is 6.18. The number of fused-ring (bicyclic) bond motifs is 1. The summed E-state index contributed by atoms with van der Waals surface area (Å²) in [5.74, 6) is 2.65. The van der Waals surface area contributed by atoms with Gasteiger partial charge < -0.3 is 18.9 Å². The number of carbonyl (C=O) groups excluding carboxylic acids is 1. The molecule has 0 spiro atoms. The number of hydrogen-bond acceptors (Lipinski definition) is 5. The van der Waals surface area contributed by atoms with E-state index in [9.17, 15) is 4.79 Å². The maximum Gasteiger partial charge on any atom is 0.223 e. The number of rotatable bonds is 9. The van der Waals surface area contributed by atoms with E-state index >= 15 is 0 Å². The molecule has 1 aliphatic rings. The number of benzene rings is 3. The summed E-state index contributed by atoms with van der Waals surface area (Å²) < 4.78 is 16.3. The molecule has 8 nitrogen and oxygen atoms in total. The van der Waals surface area contributed by atoms with E-state index in [1.165, 1.54) is 5.56 Å². The van der Waals surface area contributed by atoms with E-state index in [0.29, 0.717) is 19.5 Å². The number of likely N-dealkylation sites (tertiary alicyclic amines) is 1. The number of aromatic nitrogens is 4. The standard InChI is InChI=1S/C37H43N5O3/c1-24(28-13-15-32(44-7)16-14-28)40-22-30(19-35(40)43)25(2)45-34-18-29(31-20-38-42(23-31)37(4,5)6)17-33-36(34)39-26(3)41(33)21-27-11-9-8-10-12-27/h8-18,20,23-25,30H,19,21-22H2,1-7H3/t24?,25?,30-/m1/s1. The van der Waals surface area contributed by atoms with Crippen LogP contribution in [-0.4, -0.2) is 49.9 Å². The Bertz CT molecular complexity index is 1800. The Morgan fingerprint density at radius 1 is 1.00 bits per heavy atom. The Kier molecular flexibility index (Phi) is 8.16. The van der Waals surface area contributed by atoms with Crippen LogP contribution in [0.5, 0.6) is 11.5 Å². The van der Waals surface area contributed by atoms with Gasteiger partial charge in [0, 0.05) is 37.2 Å². The second-order valence-corrected chi connectivity index (χ2v) is 13.2. The number of methoxy groups -OCH3 is 1. The minimum Gasteiger partial charge on any atom is -0.497 e. The molecule has 0 radical (unpaired) electrons. The van der Waals surface area contributed by atoms with Crippen molar-refractivity contribution in [3.8, 4) is 22.6 Å². The number of ether oxygens (including phenoxy) is 2. The maximum absolute atomic E-state index is 13.3. The summed E-state index contributed by atoms with van der Waals surface area (Å²) in [7, 11) is 1.66. The summed E-state index contributed by atoms with van der Waals surface area (Å²) in [5.41, 5.74) is 6.04. The van der Waals surface area contributed by atoms with Crippen molar-refractivity contribution in [2.75, 3.05) is 13.7 Å². The minimum absolute atomic E-state index is 0.0358. The average Bonchev–Trinajstić information content (AvgIpc) is 3.75. The van der Waals surface area contributed by atoms with Crippen LogP contribution in [0, 0.1) is 12.8 Å². The molecule has 1 aliphatic heterocycles. The zero-order chi connectivity index (χ0) is 31.9. The molecule has 5 aromatic rings. The smallest absolute Gasteiger partial charge is 0.223 e. The Hall–Kier alpha value is -4.59. The largest absolute Gasteiger partial charge is 0.497 e. The lowest BCUT2D eigenvalue weighted by Gasteiger charge is -2.27. The first-order valence-corrected chi connectivity index (χ1v) is 15.7. The summed E-state index contributed by atoms with van der Waals surface area (Å²) in [5, 5.41) is 4.66. The lowest BCUT2D eigenvalue weighted by atomic mass is 10.0. The van der Waals surface area contributed by atoms with Crippen molar-refractivity contribution in [3.05, 3.63) is 96.1 Å². The van der Waals surface area contributed by atoms with Crippen LogP contribution < -0.4 is 9.47 Å². The SMILES string of the molecule is COc1ccc(C(C)N2C[C@H](C(C)Oc3cc(-c4cnn(C(C)(C)C)c4)cc4c3nc(C)n4Cc3ccccc3)CC2=O)cc1. The summed E-state index contributed by atoms with van der Waals surface area (Å²) in [6.45, 7) is 14.0. The van der Waals surface area contributed by atoms with Crippen molar-refractivity contribution >= 4 is 16.9 Å². The van der Waals surface area contributed by atoms with E-state index in [4.69, 9.17) is 14.5 Å². The monoisotopic (exact) mass is 605 g/mol. The lowest BCUT2D eigenvalue weighted by Crippen LogP contribution is -2.31. The maximum atomic E-state index is 13.3. The first-order chi connectivity index (χ1) is 21.5. The summed E-state index contributed by atoms with van der Waals surface area (Å²) in [4.78, 5) is 20.2. The zero-order valence-corrected chi connectivity index (χ0v) is 27.3. The van der Waals surface area contributed by atoms with Gasteiger partial charge in [0.2, 0.25) is 5.91 Å².